The molecule has 0 bridgehead atoms. The SMILES string of the molecule is N#Cc1ccc2sc(C(=O)O)nc2c1. The summed E-state index contributed by atoms with van der Waals surface area (Å²) in [7, 11) is 0. The number of carboxylic acids is 1. The molecule has 68 valence electrons. The van der Waals surface area contributed by atoms with Crippen LogP contribution in [-0.4, -0.2) is 16.1 Å². The van der Waals surface area contributed by atoms with E-state index in [1.54, 1.807) is 18.2 Å². The first-order valence-electron chi connectivity index (χ1n) is 3.74. The van der Waals surface area contributed by atoms with Crippen molar-refractivity contribution in [2.24, 2.45) is 0 Å². The zero-order valence-corrected chi connectivity index (χ0v) is 7.71. The van der Waals surface area contributed by atoms with Crippen molar-refractivity contribution in [3.05, 3.63) is 28.8 Å². The Morgan fingerprint density at radius 1 is 1.57 bits per heavy atom. The fourth-order valence-electron chi connectivity index (χ4n) is 1.09. The van der Waals surface area contributed by atoms with Crippen LogP contribution in [0.3, 0.4) is 0 Å². The highest BCUT2D eigenvalue weighted by molar-refractivity contribution is 7.20. The minimum Gasteiger partial charge on any atom is -0.476 e. The third-order valence-corrected chi connectivity index (χ3v) is 2.72. The quantitative estimate of drug-likeness (QED) is 0.769. The Kier molecular flexibility index (Phi) is 1.91. The van der Waals surface area contributed by atoms with E-state index in [4.69, 9.17) is 10.4 Å². The largest absolute Gasteiger partial charge is 0.476 e. The average molecular weight is 204 g/mol. The topological polar surface area (TPSA) is 74.0 Å². The van der Waals surface area contributed by atoms with E-state index < -0.39 is 5.97 Å². The van der Waals surface area contributed by atoms with Crippen LogP contribution >= 0.6 is 11.3 Å². The fourth-order valence-corrected chi connectivity index (χ4v) is 1.87. The number of nitriles is 1. The third-order valence-electron chi connectivity index (χ3n) is 1.70. The highest BCUT2D eigenvalue weighted by Crippen LogP contribution is 2.22. The minimum atomic E-state index is -1.04. The van der Waals surface area contributed by atoms with Gasteiger partial charge in [-0.1, -0.05) is 0 Å². The second-order valence-electron chi connectivity index (χ2n) is 2.62. The van der Waals surface area contributed by atoms with Crippen molar-refractivity contribution in [1.29, 1.82) is 5.26 Å². The summed E-state index contributed by atoms with van der Waals surface area (Å²) in [5.41, 5.74) is 1.05. The molecule has 0 spiro atoms. The van der Waals surface area contributed by atoms with E-state index in [9.17, 15) is 4.79 Å². The van der Waals surface area contributed by atoms with E-state index in [2.05, 4.69) is 4.98 Å². The number of aromatic nitrogens is 1. The lowest BCUT2D eigenvalue weighted by molar-refractivity contribution is 0.0696. The number of hydrogen-bond donors (Lipinski definition) is 1. The van der Waals surface area contributed by atoms with Crippen LogP contribution in [0.4, 0.5) is 0 Å². The van der Waals surface area contributed by atoms with E-state index >= 15 is 0 Å². The zero-order valence-electron chi connectivity index (χ0n) is 6.89. The second kappa shape index (κ2) is 3.09. The maximum Gasteiger partial charge on any atom is 0.365 e. The van der Waals surface area contributed by atoms with Crippen LogP contribution in [0.25, 0.3) is 10.2 Å². The summed E-state index contributed by atoms with van der Waals surface area (Å²) >= 11 is 1.10. The van der Waals surface area contributed by atoms with Gasteiger partial charge >= 0.3 is 5.97 Å². The molecule has 0 radical (unpaired) electrons. The van der Waals surface area contributed by atoms with Gasteiger partial charge in [-0.15, -0.1) is 11.3 Å². The summed E-state index contributed by atoms with van der Waals surface area (Å²) in [6, 6.07) is 6.91. The Bertz CT molecular complexity index is 553. The number of hydrogen-bond acceptors (Lipinski definition) is 4. The Balaban J connectivity index is 2.67. The van der Waals surface area contributed by atoms with Gasteiger partial charge < -0.3 is 5.11 Å². The summed E-state index contributed by atoms with van der Waals surface area (Å²) in [6.45, 7) is 0. The van der Waals surface area contributed by atoms with Crippen LogP contribution in [0.15, 0.2) is 18.2 Å². The van der Waals surface area contributed by atoms with E-state index in [1.165, 1.54) is 0 Å². The van der Waals surface area contributed by atoms with Crippen LogP contribution in [0.5, 0.6) is 0 Å². The molecule has 0 atom stereocenters. The van der Waals surface area contributed by atoms with Crippen LogP contribution in [0.1, 0.15) is 15.4 Å². The van der Waals surface area contributed by atoms with Gasteiger partial charge in [0.2, 0.25) is 5.01 Å². The maximum atomic E-state index is 10.6. The predicted octanol–water partition coefficient (Wildman–Crippen LogP) is 1.87. The number of thiazole rings is 1. The standard InChI is InChI=1S/C9H4N2O2S/c10-4-5-1-2-7-6(3-5)11-8(14-7)9(12)13/h1-3H,(H,12,13). The van der Waals surface area contributed by atoms with E-state index in [0.29, 0.717) is 11.1 Å². The van der Waals surface area contributed by atoms with Crippen molar-refractivity contribution in [2.45, 2.75) is 0 Å². The zero-order chi connectivity index (χ0) is 10.1. The van der Waals surface area contributed by atoms with Crippen molar-refractivity contribution in [3.63, 3.8) is 0 Å². The van der Waals surface area contributed by atoms with Gasteiger partial charge in [-0.05, 0) is 18.2 Å². The molecule has 0 fully saturated rings. The van der Waals surface area contributed by atoms with Crippen molar-refractivity contribution in [1.82, 2.24) is 4.98 Å². The smallest absolute Gasteiger partial charge is 0.365 e. The van der Waals surface area contributed by atoms with E-state index in [0.717, 1.165) is 16.0 Å². The first-order valence-corrected chi connectivity index (χ1v) is 4.56. The lowest BCUT2D eigenvalue weighted by Gasteiger charge is -1.86. The van der Waals surface area contributed by atoms with Gasteiger partial charge in [0.1, 0.15) is 0 Å². The highest BCUT2D eigenvalue weighted by atomic mass is 32.1. The van der Waals surface area contributed by atoms with Crippen molar-refractivity contribution >= 4 is 27.5 Å². The number of nitrogens with zero attached hydrogens (tertiary/aromatic N) is 2. The van der Waals surface area contributed by atoms with Crippen LogP contribution in [-0.2, 0) is 0 Å². The predicted molar refractivity (Wildman–Crippen MR) is 51.3 cm³/mol. The van der Waals surface area contributed by atoms with Gasteiger partial charge in [0.25, 0.3) is 0 Å². The Morgan fingerprint density at radius 2 is 2.36 bits per heavy atom. The van der Waals surface area contributed by atoms with Gasteiger partial charge in [0.05, 0.1) is 21.8 Å². The molecular weight excluding hydrogens is 200 g/mol. The molecule has 14 heavy (non-hydrogen) atoms. The molecule has 0 aliphatic carbocycles. The number of aromatic carboxylic acids is 1. The number of fused-ring (bicyclic) bond motifs is 1. The first-order chi connectivity index (χ1) is 6.70. The second-order valence-corrected chi connectivity index (χ2v) is 3.65. The Hall–Kier alpha value is -1.93. The van der Waals surface area contributed by atoms with E-state index in [1.807, 2.05) is 6.07 Å². The minimum absolute atomic E-state index is 0.0510. The molecule has 1 N–H and O–H groups in total. The van der Waals surface area contributed by atoms with E-state index in [-0.39, 0.29) is 5.01 Å². The van der Waals surface area contributed by atoms with Gasteiger partial charge in [0.15, 0.2) is 0 Å². The summed E-state index contributed by atoms with van der Waals surface area (Å²) < 4.78 is 0.779. The molecule has 0 saturated carbocycles. The first kappa shape index (κ1) is 8.66. The van der Waals surface area contributed by atoms with Crippen LogP contribution in [0.2, 0.25) is 0 Å². The molecule has 0 amide bonds. The molecule has 4 nitrogen and oxygen atoms in total. The van der Waals surface area contributed by atoms with Gasteiger partial charge in [-0.25, -0.2) is 9.78 Å². The van der Waals surface area contributed by atoms with Gasteiger partial charge in [0, 0.05) is 0 Å². The molecule has 0 saturated heterocycles. The average Bonchev–Trinajstić information content (AvgIpc) is 2.59. The normalized spacial score (nSPS) is 9.93. The molecule has 1 heterocycles. The molecule has 5 heteroatoms. The Morgan fingerprint density at radius 3 is 3.00 bits per heavy atom. The molecule has 2 rings (SSSR count). The fraction of sp³-hybridized carbons (Fsp3) is 0. The summed E-state index contributed by atoms with van der Waals surface area (Å²) in [4.78, 5) is 14.5. The summed E-state index contributed by atoms with van der Waals surface area (Å²) in [6.07, 6.45) is 0. The van der Waals surface area contributed by atoms with Crippen molar-refractivity contribution in [3.8, 4) is 6.07 Å². The number of carboxylic acid groups (broad SMARTS) is 1. The van der Waals surface area contributed by atoms with Crippen molar-refractivity contribution in [2.75, 3.05) is 0 Å². The number of carbonyl (C=O) groups is 1. The summed E-state index contributed by atoms with van der Waals surface area (Å²) in [5, 5.41) is 17.4. The molecule has 0 unspecified atom stereocenters. The van der Waals surface area contributed by atoms with Crippen molar-refractivity contribution < 1.29 is 9.90 Å². The van der Waals surface area contributed by atoms with Gasteiger partial charge in [-0.2, -0.15) is 5.26 Å². The number of rotatable bonds is 1. The van der Waals surface area contributed by atoms with Crippen LogP contribution < -0.4 is 0 Å². The molecule has 2 aromatic rings. The maximum absolute atomic E-state index is 10.6. The Labute approximate surface area is 83.1 Å². The van der Waals surface area contributed by atoms with Crippen LogP contribution in [0, 0.1) is 11.3 Å². The molecule has 0 aliphatic heterocycles. The lowest BCUT2D eigenvalue weighted by Crippen LogP contribution is -1.93. The molecule has 1 aromatic carbocycles. The highest BCUT2D eigenvalue weighted by Gasteiger charge is 2.10. The lowest BCUT2D eigenvalue weighted by atomic mass is 10.2. The molecule has 1 aromatic heterocycles. The molecular formula is C9H4N2O2S. The summed E-state index contributed by atoms with van der Waals surface area (Å²) in [5.74, 6) is -1.04. The molecule has 0 aliphatic rings. The monoisotopic (exact) mass is 204 g/mol. The number of benzene rings is 1. The van der Waals surface area contributed by atoms with Gasteiger partial charge in [-0.3, -0.25) is 0 Å². The third kappa shape index (κ3) is 1.32.